The van der Waals surface area contributed by atoms with Crippen LogP contribution in [0.2, 0.25) is 0 Å². The Balaban J connectivity index is 1.81. The van der Waals surface area contributed by atoms with Crippen molar-refractivity contribution in [3.05, 3.63) is 36.7 Å². The average molecular weight is 427 g/mol. The number of sulfonamides is 2. The second-order valence-corrected chi connectivity index (χ2v) is 10.7. The second-order valence-electron chi connectivity index (χ2n) is 7.13. The molecule has 28 heavy (non-hydrogen) atoms. The van der Waals surface area contributed by atoms with Crippen LogP contribution >= 0.6 is 0 Å². The summed E-state index contributed by atoms with van der Waals surface area (Å²) in [6, 6.07) is 5.71. The third kappa shape index (κ3) is 4.08. The standard InChI is InChI=1S/C18H26N4O4S2/c1-4-21-13-18(12-19-21)27(23,24)20-16-8-10-17(11-9-16)28(25,26)22-14(2)6-5-7-15(22)3/h8-15,20H,4-7H2,1-3H3. The number of piperidine rings is 1. The molecule has 2 heterocycles. The highest BCUT2D eigenvalue weighted by atomic mass is 32.2. The summed E-state index contributed by atoms with van der Waals surface area (Å²) < 4.78 is 56.5. The number of nitrogens with zero attached hydrogens (tertiary/aromatic N) is 3. The zero-order valence-corrected chi connectivity index (χ0v) is 17.9. The van der Waals surface area contributed by atoms with Gasteiger partial charge in [-0.05, 0) is 57.9 Å². The molecule has 2 unspecified atom stereocenters. The fourth-order valence-electron chi connectivity index (χ4n) is 3.56. The molecule has 1 aliphatic rings. The van der Waals surface area contributed by atoms with E-state index in [-0.39, 0.29) is 21.9 Å². The van der Waals surface area contributed by atoms with Crippen LogP contribution in [0.4, 0.5) is 5.69 Å². The molecule has 0 bridgehead atoms. The maximum atomic E-state index is 13.0. The molecular weight excluding hydrogens is 400 g/mol. The molecule has 0 amide bonds. The highest BCUT2D eigenvalue weighted by Gasteiger charge is 2.35. The molecule has 2 aromatic rings. The maximum Gasteiger partial charge on any atom is 0.265 e. The minimum Gasteiger partial charge on any atom is -0.280 e. The quantitative estimate of drug-likeness (QED) is 0.765. The summed E-state index contributed by atoms with van der Waals surface area (Å²) in [7, 11) is -7.41. The Bertz CT molecular complexity index is 1020. The van der Waals surface area contributed by atoms with Crippen LogP contribution in [-0.4, -0.2) is 43.0 Å². The van der Waals surface area contributed by atoms with Crippen LogP contribution in [0.3, 0.4) is 0 Å². The van der Waals surface area contributed by atoms with Crippen molar-refractivity contribution in [2.45, 2.75) is 68.5 Å². The van der Waals surface area contributed by atoms with Crippen molar-refractivity contribution in [2.24, 2.45) is 0 Å². The third-order valence-corrected chi connectivity index (χ3v) is 8.52. The van der Waals surface area contributed by atoms with Gasteiger partial charge in [-0.1, -0.05) is 6.42 Å². The molecule has 2 atom stereocenters. The van der Waals surface area contributed by atoms with Gasteiger partial charge in [-0.3, -0.25) is 9.40 Å². The van der Waals surface area contributed by atoms with Crippen molar-refractivity contribution >= 4 is 25.7 Å². The van der Waals surface area contributed by atoms with Crippen LogP contribution in [0, 0.1) is 0 Å². The first kappa shape index (κ1) is 20.8. The Morgan fingerprint density at radius 1 is 1.04 bits per heavy atom. The molecule has 10 heteroatoms. The predicted molar refractivity (Wildman–Crippen MR) is 107 cm³/mol. The number of nitrogens with one attached hydrogen (secondary N) is 1. The SMILES string of the molecule is CCn1cc(S(=O)(=O)Nc2ccc(S(=O)(=O)N3C(C)CCCC3C)cc2)cn1. The smallest absolute Gasteiger partial charge is 0.265 e. The lowest BCUT2D eigenvalue weighted by atomic mass is 10.0. The number of rotatable bonds is 6. The fraction of sp³-hybridized carbons (Fsp3) is 0.500. The predicted octanol–water partition coefficient (Wildman–Crippen LogP) is 2.66. The summed E-state index contributed by atoms with van der Waals surface area (Å²) in [5, 5.41) is 3.97. The fourth-order valence-corrected chi connectivity index (χ4v) is 6.45. The van der Waals surface area contributed by atoms with Crippen LogP contribution in [-0.2, 0) is 26.6 Å². The lowest BCUT2D eigenvalue weighted by Crippen LogP contribution is -2.47. The van der Waals surface area contributed by atoms with Crippen molar-refractivity contribution in [2.75, 3.05) is 4.72 Å². The van der Waals surface area contributed by atoms with E-state index in [9.17, 15) is 16.8 Å². The van der Waals surface area contributed by atoms with Gasteiger partial charge in [0.05, 0.1) is 11.1 Å². The Kier molecular flexibility index (Phi) is 5.83. The van der Waals surface area contributed by atoms with Crippen LogP contribution in [0.1, 0.15) is 40.0 Å². The van der Waals surface area contributed by atoms with Crippen molar-refractivity contribution in [3.63, 3.8) is 0 Å². The molecule has 3 rings (SSSR count). The summed E-state index contributed by atoms with van der Waals surface area (Å²) in [6.45, 7) is 6.27. The molecule has 1 aliphatic heterocycles. The van der Waals surface area contributed by atoms with Gasteiger partial charge in [0.25, 0.3) is 10.0 Å². The Morgan fingerprint density at radius 3 is 2.18 bits per heavy atom. The number of aryl methyl sites for hydroxylation is 1. The minimum absolute atomic E-state index is 0.0537. The van der Waals surface area contributed by atoms with E-state index in [4.69, 9.17) is 0 Å². The molecule has 0 saturated carbocycles. The largest absolute Gasteiger partial charge is 0.280 e. The van der Waals surface area contributed by atoms with Gasteiger partial charge in [-0.2, -0.15) is 9.40 Å². The van der Waals surface area contributed by atoms with Crippen molar-refractivity contribution in [3.8, 4) is 0 Å². The molecule has 1 saturated heterocycles. The summed E-state index contributed by atoms with van der Waals surface area (Å²) in [4.78, 5) is 0.219. The van der Waals surface area contributed by atoms with Crippen LogP contribution < -0.4 is 4.72 Å². The summed E-state index contributed by atoms with van der Waals surface area (Å²) in [5.41, 5.74) is 0.294. The lowest BCUT2D eigenvalue weighted by Gasteiger charge is -2.37. The lowest BCUT2D eigenvalue weighted by molar-refractivity contribution is 0.204. The molecule has 1 aromatic heterocycles. The summed E-state index contributed by atoms with van der Waals surface area (Å²) in [6.07, 6.45) is 5.42. The van der Waals surface area contributed by atoms with E-state index in [0.717, 1.165) is 19.3 Å². The van der Waals surface area contributed by atoms with E-state index in [0.29, 0.717) is 12.2 Å². The van der Waals surface area contributed by atoms with Crippen molar-refractivity contribution in [1.82, 2.24) is 14.1 Å². The van der Waals surface area contributed by atoms with Crippen molar-refractivity contribution in [1.29, 1.82) is 0 Å². The number of aromatic nitrogens is 2. The van der Waals surface area contributed by atoms with Gasteiger partial charge < -0.3 is 0 Å². The van der Waals surface area contributed by atoms with E-state index in [1.807, 2.05) is 20.8 Å². The second kappa shape index (κ2) is 7.84. The first-order valence-corrected chi connectivity index (χ1v) is 12.3. The molecule has 154 valence electrons. The first-order chi connectivity index (χ1) is 13.1. The molecular formula is C18H26N4O4S2. The summed E-state index contributed by atoms with van der Waals surface area (Å²) >= 11 is 0. The van der Waals surface area contributed by atoms with E-state index < -0.39 is 20.0 Å². The van der Waals surface area contributed by atoms with E-state index in [1.165, 1.54) is 41.3 Å². The van der Waals surface area contributed by atoms with Gasteiger partial charge in [-0.25, -0.2) is 16.8 Å². The van der Waals surface area contributed by atoms with Crippen molar-refractivity contribution < 1.29 is 16.8 Å². The van der Waals surface area contributed by atoms with Gasteiger partial charge in [-0.15, -0.1) is 0 Å². The molecule has 1 fully saturated rings. The molecule has 8 nitrogen and oxygen atoms in total. The number of hydrogen-bond donors (Lipinski definition) is 1. The summed E-state index contributed by atoms with van der Waals surface area (Å²) in [5.74, 6) is 0. The van der Waals surface area contributed by atoms with E-state index >= 15 is 0 Å². The molecule has 0 spiro atoms. The van der Waals surface area contributed by atoms with Crippen LogP contribution in [0.5, 0.6) is 0 Å². The maximum absolute atomic E-state index is 13.0. The van der Waals surface area contributed by atoms with Gasteiger partial charge >= 0.3 is 0 Å². The monoisotopic (exact) mass is 426 g/mol. The molecule has 0 radical (unpaired) electrons. The normalized spacial score (nSPS) is 21.5. The number of hydrogen-bond acceptors (Lipinski definition) is 5. The Labute approximate surface area is 166 Å². The number of benzene rings is 1. The minimum atomic E-state index is -3.78. The van der Waals surface area contributed by atoms with E-state index in [2.05, 4.69) is 9.82 Å². The zero-order valence-electron chi connectivity index (χ0n) is 16.2. The molecule has 1 N–H and O–H groups in total. The van der Waals surface area contributed by atoms with Gasteiger partial charge in [0.2, 0.25) is 10.0 Å². The first-order valence-electron chi connectivity index (χ1n) is 9.34. The number of anilines is 1. The zero-order chi connectivity index (χ0) is 20.5. The molecule has 0 aliphatic carbocycles. The average Bonchev–Trinajstić information content (AvgIpc) is 3.12. The highest BCUT2D eigenvalue weighted by molar-refractivity contribution is 7.92. The van der Waals surface area contributed by atoms with Crippen LogP contribution in [0.15, 0.2) is 46.5 Å². The third-order valence-electron chi connectivity index (χ3n) is 5.04. The Morgan fingerprint density at radius 2 is 1.64 bits per heavy atom. The van der Waals surface area contributed by atoms with E-state index in [1.54, 1.807) is 4.31 Å². The molecule has 1 aromatic carbocycles. The van der Waals surface area contributed by atoms with Gasteiger partial charge in [0.15, 0.2) is 0 Å². The Hall–Kier alpha value is -1.91. The van der Waals surface area contributed by atoms with Gasteiger partial charge in [0.1, 0.15) is 4.90 Å². The van der Waals surface area contributed by atoms with Gasteiger partial charge in [0, 0.05) is 30.5 Å². The topological polar surface area (TPSA) is 101 Å². The van der Waals surface area contributed by atoms with Crippen LogP contribution in [0.25, 0.3) is 0 Å². The highest BCUT2D eigenvalue weighted by Crippen LogP contribution is 2.30.